The van der Waals surface area contributed by atoms with E-state index in [1.807, 2.05) is 6.07 Å². The minimum atomic E-state index is -0.304. The fraction of sp³-hybridized carbons (Fsp3) is 0.208. The minimum absolute atomic E-state index is 0.0737. The number of anilines is 1. The molecule has 0 saturated carbocycles. The zero-order valence-electron chi connectivity index (χ0n) is 17.6. The molecule has 1 aromatic heterocycles. The second kappa shape index (κ2) is 9.38. The van der Waals surface area contributed by atoms with Crippen molar-refractivity contribution in [2.45, 2.75) is 26.3 Å². The van der Waals surface area contributed by atoms with Gasteiger partial charge in [0, 0.05) is 42.4 Å². The fourth-order valence-corrected chi connectivity index (χ4v) is 3.43. The summed E-state index contributed by atoms with van der Waals surface area (Å²) >= 11 is 0. The lowest BCUT2D eigenvalue weighted by Crippen LogP contribution is -2.24. The molecule has 4 rings (SSSR count). The van der Waals surface area contributed by atoms with Crippen LogP contribution in [0.4, 0.5) is 5.82 Å². The van der Waals surface area contributed by atoms with E-state index in [2.05, 4.69) is 15.3 Å². The number of carbonyl (C=O) groups is 3. The number of ether oxygens (including phenoxy) is 1. The maximum absolute atomic E-state index is 12.4. The Kier molecular flexibility index (Phi) is 6.21. The summed E-state index contributed by atoms with van der Waals surface area (Å²) in [6.07, 6.45) is 4.30. The lowest BCUT2D eigenvalue weighted by atomic mass is 10.1. The summed E-state index contributed by atoms with van der Waals surface area (Å²) < 4.78 is 6.06. The number of benzene rings is 2. The molecule has 0 radical (unpaired) electrons. The van der Waals surface area contributed by atoms with Crippen molar-refractivity contribution in [2.75, 3.05) is 11.9 Å². The Bertz CT molecular complexity index is 1150. The number of hydrogen-bond donors (Lipinski definition) is 1. The van der Waals surface area contributed by atoms with Crippen molar-refractivity contribution < 1.29 is 19.1 Å². The zero-order chi connectivity index (χ0) is 22.5. The number of hydrogen-bond acceptors (Lipinski definition) is 6. The van der Waals surface area contributed by atoms with Crippen LogP contribution in [0.2, 0.25) is 0 Å². The molecule has 162 valence electrons. The van der Waals surface area contributed by atoms with Crippen molar-refractivity contribution >= 4 is 23.4 Å². The Labute approximate surface area is 185 Å². The Morgan fingerprint density at radius 2 is 1.88 bits per heavy atom. The molecule has 2 heterocycles. The molecular weight excluding hydrogens is 408 g/mol. The van der Waals surface area contributed by atoms with E-state index in [-0.39, 0.29) is 17.6 Å². The lowest BCUT2D eigenvalue weighted by Gasteiger charge is -2.19. The first-order valence-corrected chi connectivity index (χ1v) is 10.3. The van der Waals surface area contributed by atoms with Gasteiger partial charge in [0.25, 0.3) is 5.91 Å². The SMILES string of the molecule is CC(=O)c1ccc(CN2CCCC2=O)c(Oc2ccc(C(=O)Nc3ccncn3)cc2)c1. The van der Waals surface area contributed by atoms with Crippen molar-refractivity contribution in [3.8, 4) is 11.5 Å². The van der Waals surface area contributed by atoms with Crippen molar-refractivity contribution in [2.24, 2.45) is 0 Å². The van der Waals surface area contributed by atoms with Gasteiger partial charge in [0.2, 0.25) is 5.91 Å². The molecular formula is C24H22N4O4. The third-order valence-corrected chi connectivity index (χ3v) is 5.17. The summed E-state index contributed by atoms with van der Waals surface area (Å²) in [6.45, 7) is 2.63. The average Bonchev–Trinajstić information content (AvgIpc) is 3.20. The number of Topliss-reactive ketones (excluding diaryl/α,β-unsaturated/α-hetero) is 1. The predicted molar refractivity (Wildman–Crippen MR) is 118 cm³/mol. The number of nitrogens with one attached hydrogen (secondary N) is 1. The van der Waals surface area contributed by atoms with Crippen molar-refractivity contribution in [1.82, 2.24) is 14.9 Å². The van der Waals surface area contributed by atoms with Crippen LogP contribution in [0.25, 0.3) is 0 Å². The van der Waals surface area contributed by atoms with Gasteiger partial charge in [-0.25, -0.2) is 9.97 Å². The van der Waals surface area contributed by atoms with Crippen molar-refractivity contribution in [1.29, 1.82) is 0 Å². The third kappa shape index (κ3) is 4.97. The zero-order valence-corrected chi connectivity index (χ0v) is 17.6. The standard InChI is InChI=1S/C24H22N4O4/c1-16(29)18-4-5-19(14-28-12-2-3-23(28)30)21(13-18)32-20-8-6-17(7-9-20)24(31)27-22-10-11-25-15-26-22/h4-11,13,15H,2-3,12,14H2,1H3,(H,25,26,27,31). The van der Waals surface area contributed by atoms with E-state index in [4.69, 9.17) is 4.74 Å². The van der Waals surface area contributed by atoms with Crippen LogP contribution in [-0.2, 0) is 11.3 Å². The van der Waals surface area contributed by atoms with Gasteiger partial charge < -0.3 is 15.0 Å². The second-order valence-corrected chi connectivity index (χ2v) is 7.47. The van der Waals surface area contributed by atoms with Gasteiger partial charge in [-0.15, -0.1) is 0 Å². The molecule has 32 heavy (non-hydrogen) atoms. The van der Waals surface area contributed by atoms with Crippen LogP contribution < -0.4 is 10.1 Å². The van der Waals surface area contributed by atoms with Crippen LogP contribution in [0.5, 0.6) is 11.5 Å². The van der Waals surface area contributed by atoms with Crippen molar-refractivity contribution in [3.05, 3.63) is 77.7 Å². The molecule has 1 saturated heterocycles. The van der Waals surface area contributed by atoms with Gasteiger partial charge in [0.15, 0.2) is 5.78 Å². The van der Waals surface area contributed by atoms with E-state index in [0.29, 0.717) is 48.0 Å². The molecule has 0 bridgehead atoms. The molecule has 1 aliphatic heterocycles. The quantitative estimate of drug-likeness (QED) is 0.572. The highest BCUT2D eigenvalue weighted by Gasteiger charge is 2.22. The first-order valence-electron chi connectivity index (χ1n) is 10.3. The maximum atomic E-state index is 12.4. The molecule has 8 nitrogen and oxygen atoms in total. The Morgan fingerprint density at radius 1 is 1.09 bits per heavy atom. The number of likely N-dealkylation sites (tertiary alicyclic amines) is 1. The fourth-order valence-electron chi connectivity index (χ4n) is 3.43. The topological polar surface area (TPSA) is 101 Å². The van der Waals surface area contributed by atoms with E-state index in [1.54, 1.807) is 53.6 Å². The minimum Gasteiger partial charge on any atom is -0.457 e. The van der Waals surface area contributed by atoms with Crippen LogP contribution in [0, 0.1) is 0 Å². The van der Waals surface area contributed by atoms with Gasteiger partial charge in [-0.05, 0) is 49.7 Å². The summed E-state index contributed by atoms with van der Waals surface area (Å²) in [4.78, 5) is 45.9. The van der Waals surface area contributed by atoms with Crippen molar-refractivity contribution in [3.63, 3.8) is 0 Å². The van der Waals surface area contributed by atoms with Crippen LogP contribution in [-0.4, -0.2) is 39.0 Å². The molecule has 1 fully saturated rings. The Morgan fingerprint density at radius 3 is 2.53 bits per heavy atom. The summed E-state index contributed by atoms with van der Waals surface area (Å²) in [5.74, 6) is 1.17. The number of ketones is 1. The van der Waals surface area contributed by atoms with E-state index < -0.39 is 0 Å². The van der Waals surface area contributed by atoms with E-state index in [0.717, 1.165) is 12.0 Å². The largest absolute Gasteiger partial charge is 0.457 e. The molecule has 3 aromatic rings. The van der Waals surface area contributed by atoms with Gasteiger partial charge in [-0.1, -0.05) is 12.1 Å². The monoisotopic (exact) mass is 430 g/mol. The molecule has 0 aliphatic carbocycles. The first-order chi connectivity index (χ1) is 15.5. The normalized spacial score (nSPS) is 13.2. The highest BCUT2D eigenvalue weighted by Crippen LogP contribution is 2.29. The summed E-state index contributed by atoms with van der Waals surface area (Å²) in [6, 6.07) is 13.5. The van der Waals surface area contributed by atoms with Gasteiger partial charge in [-0.3, -0.25) is 14.4 Å². The van der Waals surface area contributed by atoms with Crippen LogP contribution in [0.3, 0.4) is 0 Å². The Hall–Kier alpha value is -4.07. The lowest BCUT2D eigenvalue weighted by molar-refractivity contribution is -0.128. The number of aromatic nitrogens is 2. The smallest absolute Gasteiger partial charge is 0.256 e. The molecule has 2 amide bonds. The molecule has 0 unspecified atom stereocenters. The van der Waals surface area contributed by atoms with Crippen LogP contribution >= 0.6 is 0 Å². The third-order valence-electron chi connectivity index (χ3n) is 5.17. The number of amides is 2. The second-order valence-electron chi connectivity index (χ2n) is 7.47. The summed E-state index contributed by atoms with van der Waals surface area (Å²) in [5, 5.41) is 2.70. The maximum Gasteiger partial charge on any atom is 0.256 e. The molecule has 1 aliphatic rings. The van der Waals surface area contributed by atoms with E-state index in [9.17, 15) is 14.4 Å². The number of nitrogens with zero attached hydrogens (tertiary/aromatic N) is 3. The molecule has 0 spiro atoms. The Balaban J connectivity index is 1.52. The molecule has 2 aromatic carbocycles. The van der Waals surface area contributed by atoms with E-state index >= 15 is 0 Å². The highest BCUT2D eigenvalue weighted by molar-refractivity contribution is 6.03. The van der Waals surface area contributed by atoms with Gasteiger partial charge in [0.05, 0.1) is 0 Å². The molecule has 8 heteroatoms. The van der Waals surface area contributed by atoms with Gasteiger partial charge in [-0.2, -0.15) is 0 Å². The van der Waals surface area contributed by atoms with Gasteiger partial charge in [0.1, 0.15) is 23.6 Å². The first kappa shape index (κ1) is 21.2. The van der Waals surface area contributed by atoms with Crippen LogP contribution in [0.15, 0.2) is 61.1 Å². The number of carbonyl (C=O) groups excluding carboxylic acids is 3. The predicted octanol–water partition coefficient (Wildman–Crippen LogP) is 3.85. The highest BCUT2D eigenvalue weighted by atomic mass is 16.5. The van der Waals surface area contributed by atoms with E-state index in [1.165, 1.54) is 13.3 Å². The van der Waals surface area contributed by atoms with Crippen LogP contribution in [0.1, 0.15) is 46.0 Å². The number of rotatable bonds is 7. The summed E-state index contributed by atoms with van der Waals surface area (Å²) in [5.41, 5.74) is 1.78. The summed E-state index contributed by atoms with van der Waals surface area (Å²) in [7, 11) is 0. The average molecular weight is 430 g/mol. The van der Waals surface area contributed by atoms with Gasteiger partial charge >= 0.3 is 0 Å². The molecule has 1 N–H and O–H groups in total. The molecule has 0 atom stereocenters.